The number of halogens is 2. The van der Waals surface area contributed by atoms with Gasteiger partial charge in [-0.15, -0.1) is 0 Å². The largest absolute Gasteiger partial charge is 0.507 e. The van der Waals surface area contributed by atoms with Gasteiger partial charge in [0.2, 0.25) is 0 Å². The zero-order chi connectivity index (χ0) is 17.1. The SMILES string of the molecule is O=C(Oc1ccccc1-c1ccccc1O)c1ccc(Cl)c(Cl)c1. The molecule has 3 rings (SSSR count). The molecule has 0 amide bonds. The molecule has 0 spiro atoms. The molecule has 0 heterocycles. The molecular weight excluding hydrogens is 347 g/mol. The Balaban J connectivity index is 1.95. The number of carbonyl (C=O) groups is 1. The third kappa shape index (κ3) is 3.37. The van der Waals surface area contributed by atoms with E-state index in [1.165, 1.54) is 12.1 Å². The summed E-state index contributed by atoms with van der Waals surface area (Å²) < 4.78 is 5.48. The molecule has 0 fully saturated rings. The summed E-state index contributed by atoms with van der Waals surface area (Å²) in [6.45, 7) is 0. The maximum atomic E-state index is 12.4. The molecule has 0 atom stereocenters. The fourth-order valence-electron chi connectivity index (χ4n) is 2.26. The summed E-state index contributed by atoms with van der Waals surface area (Å²) in [5.74, 6) is -0.109. The number of rotatable bonds is 3. The van der Waals surface area contributed by atoms with Crippen LogP contribution in [0.3, 0.4) is 0 Å². The van der Waals surface area contributed by atoms with Crippen LogP contribution in [0, 0.1) is 0 Å². The lowest BCUT2D eigenvalue weighted by Gasteiger charge is -2.11. The molecule has 120 valence electrons. The first kappa shape index (κ1) is 16.4. The molecule has 3 nitrogen and oxygen atoms in total. The smallest absolute Gasteiger partial charge is 0.343 e. The van der Waals surface area contributed by atoms with Gasteiger partial charge in [0, 0.05) is 11.1 Å². The van der Waals surface area contributed by atoms with E-state index in [4.69, 9.17) is 27.9 Å². The first-order valence-electron chi connectivity index (χ1n) is 7.11. The summed E-state index contributed by atoms with van der Waals surface area (Å²) in [5.41, 5.74) is 1.48. The molecule has 3 aromatic rings. The Bertz CT molecular complexity index is 907. The van der Waals surface area contributed by atoms with Crippen molar-refractivity contribution in [2.45, 2.75) is 0 Å². The van der Waals surface area contributed by atoms with Gasteiger partial charge in [-0.3, -0.25) is 0 Å². The maximum absolute atomic E-state index is 12.4. The van der Waals surface area contributed by atoms with Gasteiger partial charge in [0.1, 0.15) is 11.5 Å². The van der Waals surface area contributed by atoms with Gasteiger partial charge in [0.05, 0.1) is 15.6 Å². The second-order valence-corrected chi connectivity index (χ2v) is 5.85. The van der Waals surface area contributed by atoms with Crippen molar-refractivity contribution in [1.29, 1.82) is 0 Å². The van der Waals surface area contributed by atoms with Crippen LogP contribution < -0.4 is 4.74 Å². The highest BCUT2D eigenvalue weighted by atomic mass is 35.5. The zero-order valence-electron chi connectivity index (χ0n) is 12.4. The van der Waals surface area contributed by atoms with Crippen molar-refractivity contribution < 1.29 is 14.6 Å². The predicted octanol–water partition coefficient (Wildman–Crippen LogP) is 5.59. The second kappa shape index (κ2) is 6.95. The fourth-order valence-corrected chi connectivity index (χ4v) is 2.56. The summed E-state index contributed by atoms with van der Waals surface area (Å²) in [6.07, 6.45) is 0. The standard InChI is InChI=1S/C19H12Cl2O3/c20-15-10-9-12(11-16(15)21)19(23)24-18-8-4-2-6-14(18)13-5-1-3-7-17(13)22/h1-11,22H. The van der Waals surface area contributed by atoms with E-state index < -0.39 is 5.97 Å². The maximum Gasteiger partial charge on any atom is 0.343 e. The van der Waals surface area contributed by atoms with Crippen LogP contribution in [0.4, 0.5) is 0 Å². The minimum Gasteiger partial charge on any atom is -0.507 e. The van der Waals surface area contributed by atoms with Crippen LogP contribution in [0.5, 0.6) is 11.5 Å². The van der Waals surface area contributed by atoms with E-state index in [-0.39, 0.29) is 16.3 Å². The molecule has 5 heteroatoms. The fraction of sp³-hybridized carbons (Fsp3) is 0. The van der Waals surface area contributed by atoms with Crippen LogP contribution in [0.25, 0.3) is 11.1 Å². The van der Waals surface area contributed by atoms with Crippen LogP contribution in [-0.2, 0) is 0 Å². The number of hydrogen-bond donors (Lipinski definition) is 1. The lowest BCUT2D eigenvalue weighted by Crippen LogP contribution is -2.09. The average molecular weight is 359 g/mol. The van der Waals surface area contributed by atoms with E-state index in [2.05, 4.69) is 0 Å². The Labute approximate surface area is 149 Å². The molecular formula is C19H12Cl2O3. The van der Waals surface area contributed by atoms with Crippen LogP contribution in [-0.4, -0.2) is 11.1 Å². The molecule has 0 saturated heterocycles. The Hall–Kier alpha value is -2.49. The highest BCUT2D eigenvalue weighted by molar-refractivity contribution is 6.42. The van der Waals surface area contributed by atoms with Crippen LogP contribution >= 0.6 is 23.2 Å². The molecule has 24 heavy (non-hydrogen) atoms. The Morgan fingerprint density at radius 1 is 0.833 bits per heavy atom. The van der Waals surface area contributed by atoms with Crippen molar-refractivity contribution in [1.82, 2.24) is 0 Å². The summed E-state index contributed by atoms with van der Waals surface area (Å²) in [4.78, 5) is 12.4. The van der Waals surface area contributed by atoms with E-state index in [0.717, 1.165) is 0 Å². The van der Waals surface area contributed by atoms with Crippen molar-refractivity contribution in [2.75, 3.05) is 0 Å². The number of carbonyl (C=O) groups excluding carboxylic acids is 1. The number of esters is 1. The normalized spacial score (nSPS) is 10.4. The first-order valence-corrected chi connectivity index (χ1v) is 7.86. The van der Waals surface area contributed by atoms with Crippen LogP contribution in [0.15, 0.2) is 66.7 Å². The van der Waals surface area contributed by atoms with Gasteiger partial charge in [-0.1, -0.05) is 59.6 Å². The molecule has 0 aliphatic carbocycles. The number of hydrogen-bond acceptors (Lipinski definition) is 3. The van der Waals surface area contributed by atoms with Gasteiger partial charge in [-0.25, -0.2) is 4.79 Å². The molecule has 0 aromatic heterocycles. The predicted molar refractivity (Wildman–Crippen MR) is 95.0 cm³/mol. The topological polar surface area (TPSA) is 46.5 Å². The van der Waals surface area contributed by atoms with Crippen molar-refractivity contribution in [2.24, 2.45) is 0 Å². The molecule has 1 N–H and O–H groups in total. The summed E-state index contributed by atoms with van der Waals surface area (Å²) in [6, 6.07) is 18.4. The first-order chi connectivity index (χ1) is 11.6. The van der Waals surface area contributed by atoms with E-state index >= 15 is 0 Å². The lowest BCUT2D eigenvalue weighted by molar-refractivity contribution is 0.0735. The quantitative estimate of drug-likeness (QED) is 0.490. The zero-order valence-corrected chi connectivity index (χ0v) is 13.9. The third-order valence-electron chi connectivity index (χ3n) is 3.44. The van der Waals surface area contributed by atoms with Crippen molar-refractivity contribution in [3.05, 3.63) is 82.3 Å². The molecule has 0 saturated carbocycles. The van der Waals surface area contributed by atoms with Gasteiger partial charge >= 0.3 is 5.97 Å². The number of phenolic OH excluding ortho intramolecular Hbond substituents is 1. The molecule has 3 aromatic carbocycles. The molecule has 0 bridgehead atoms. The van der Waals surface area contributed by atoms with E-state index in [0.29, 0.717) is 21.9 Å². The Morgan fingerprint density at radius 2 is 1.50 bits per heavy atom. The lowest BCUT2D eigenvalue weighted by atomic mass is 10.0. The second-order valence-electron chi connectivity index (χ2n) is 5.03. The minimum atomic E-state index is -0.559. The Kier molecular flexibility index (Phi) is 4.74. The molecule has 0 aliphatic heterocycles. The molecule has 0 aliphatic rings. The van der Waals surface area contributed by atoms with E-state index in [1.54, 1.807) is 54.6 Å². The summed E-state index contributed by atoms with van der Waals surface area (Å²) in [7, 11) is 0. The monoisotopic (exact) mass is 358 g/mol. The molecule has 0 unspecified atom stereocenters. The highest BCUT2D eigenvalue weighted by Gasteiger charge is 2.15. The van der Waals surface area contributed by atoms with Gasteiger partial charge in [0.25, 0.3) is 0 Å². The van der Waals surface area contributed by atoms with Gasteiger partial charge in [-0.2, -0.15) is 0 Å². The molecule has 0 radical (unpaired) electrons. The van der Waals surface area contributed by atoms with Crippen molar-refractivity contribution in [3.8, 4) is 22.6 Å². The number of para-hydroxylation sites is 2. The minimum absolute atomic E-state index is 0.107. The van der Waals surface area contributed by atoms with Crippen LogP contribution in [0.1, 0.15) is 10.4 Å². The van der Waals surface area contributed by atoms with Gasteiger partial charge in [-0.05, 0) is 30.3 Å². The average Bonchev–Trinajstić information content (AvgIpc) is 2.58. The van der Waals surface area contributed by atoms with Crippen molar-refractivity contribution in [3.63, 3.8) is 0 Å². The van der Waals surface area contributed by atoms with Gasteiger partial charge in [0.15, 0.2) is 0 Å². The summed E-state index contributed by atoms with van der Waals surface area (Å²) >= 11 is 11.8. The van der Waals surface area contributed by atoms with Gasteiger partial charge < -0.3 is 9.84 Å². The number of aromatic hydroxyl groups is 1. The van der Waals surface area contributed by atoms with Crippen molar-refractivity contribution >= 4 is 29.2 Å². The number of phenols is 1. The van der Waals surface area contributed by atoms with Crippen LogP contribution in [0.2, 0.25) is 10.0 Å². The highest BCUT2D eigenvalue weighted by Crippen LogP contribution is 2.35. The summed E-state index contributed by atoms with van der Waals surface area (Å²) in [5, 5.41) is 10.7. The Morgan fingerprint density at radius 3 is 2.21 bits per heavy atom. The number of ether oxygens (including phenoxy) is 1. The van der Waals surface area contributed by atoms with E-state index in [9.17, 15) is 9.90 Å². The number of benzene rings is 3. The third-order valence-corrected chi connectivity index (χ3v) is 4.18. The van der Waals surface area contributed by atoms with E-state index in [1.807, 2.05) is 0 Å².